The van der Waals surface area contributed by atoms with Crippen LogP contribution in [0.3, 0.4) is 0 Å². The SMILES string of the molecule is CCCc1c(Br)cc(OC)cc1CO. The van der Waals surface area contributed by atoms with Gasteiger partial charge in [0.2, 0.25) is 0 Å². The molecule has 0 fully saturated rings. The van der Waals surface area contributed by atoms with Crippen molar-refractivity contribution in [2.24, 2.45) is 0 Å². The standard InChI is InChI=1S/C11H15BrO2/c1-3-4-10-8(7-13)5-9(14-2)6-11(10)12/h5-6,13H,3-4,7H2,1-2H3. The molecule has 0 aromatic heterocycles. The number of rotatable bonds is 4. The largest absolute Gasteiger partial charge is 0.497 e. The lowest BCUT2D eigenvalue weighted by atomic mass is 10.0. The Labute approximate surface area is 93.0 Å². The van der Waals surface area contributed by atoms with Gasteiger partial charge in [0.1, 0.15) is 5.75 Å². The van der Waals surface area contributed by atoms with E-state index < -0.39 is 0 Å². The zero-order valence-electron chi connectivity index (χ0n) is 8.51. The molecule has 0 saturated carbocycles. The van der Waals surface area contributed by atoms with Crippen LogP contribution in [0.2, 0.25) is 0 Å². The van der Waals surface area contributed by atoms with Crippen LogP contribution in [0.4, 0.5) is 0 Å². The summed E-state index contributed by atoms with van der Waals surface area (Å²) in [6.45, 7) is 2.18. The molecule has 0 unspecified atom stereocenters. The van der Waals surface area contributed by atoms with E-state index in [1.54, 1.807) is 7.11 Å². The van der Waals surface area contributed by atoms with E-state index in [4.69, 9.17) is 4.74 Å². The highest BCUT2D eigenvalue weighted by Gasteiger charge is 2.08. The quantitative estimate of drug-likeness (QED) is 0.900. The van der Waals surface area contributed by atoms with Crippen molar-refractivity contribution >= 4 is 15.9 Å². The molecule has 1 rings (SSSR count). The van der Waals surface area contributed by atoms with Crippen molar-refractivity contribution in [2.45, 2.75) is 26.4 Å². The minimum Gasteiger partial charge on any atom is -0.497 e. The average Bonchev–Trinajstić information content (AvgIpc) is 2.20. The van der Waals surface area contributed by atoms with Crippen molar-refractivity contribution in [3.63, 3.8) is 0 Å². The number of ether oxygens (including phenoxy) is 1. The molecule has 1 aromatic rings. The van der Waals surface area contributed by atoms with Gasteiger partial charge >= 0.3 is 0 Å². The number of halogens is 1. The van der Waals surface area contributed by atoms with Crippen LogP contribution >= 0.6 is 15.9 Å². The Balaban J connectivity index is 3.13. The van der Waals surface area contributed by atoms with Gasteiger partial charge in [0.05, 0.1) is 13.7 Å². The van der Waals surface area contributed by atoms with Gasteiger partial charge in [0.25, 0.3) is 0 Å². The first-order valence-corrected chi connectivity index (χ1v) is 5.48. The Morgan fingerprint density at radius 2 is 2.14 bits per heavy atom. The Hall–Kier alpha value is -0.540. The first-order chi connectivity index (χ1) is 6.72. The van der Waals surface area contributed by atoms with Crippen molar-refractivity contribution in [3.05, 3.63) is 27.7 Å². The molecule has 0 aliphatic heterocycles. The zero-order valence-corrected chi connectivity index (χ0v) is 10.1. The molecule has 3 heteroatoms. The van der Waals surface area contributed by atoms with Gasteiger partial charge in [-0.25, -0.2) is 0 Å². The second-order valence-electron chi connectivity index (χ2n) is 3.16. The van der Waals surface area contributed by atoms with Gasteiger partial charge in [-0.05, 0) is 29.7 Å². The lowest BCUT2D eigenvalue weighted by Crippen LogP contribution is -1.97. The summed E-state index contributed by atoms with van der Waals surface area (Å²) in [6, 6.07) is 3.82. The fraction of sp³-hybridized carbons (Fsp3) is 0.455. The molecule has 0 amide bonds. The van der Waals surface area contributed by atoms with Gasteiger partial charge in [-0.2, -0.15) is 0 Å². The Morgan fingerprint density at radius 1 is 1.43 bits per heavy atom. The molecule has 2 nitrogen and oxygen atoms in total. The maximum absolute atomic E-state index is 9.21. The summed E-state index contributed by atoms with van der Waals surface area (Å²) in [5.74, 6) is 0.778. The van der Waals surface area contributed by atoms with Gasteiger partial charge in [-0.3, -0.25) is 0 Å². The first kappa shape index (κ1) is 11.5. The van der Waals surface area contributed by atoms with Crippen molar-refractivity contribution in [2.75, 3.05) is 7.11 Å². The third-order valence-corrected chi connectivity index (χ3v) is 2.87. The number of hydrogen-bond acceptors (Lipinski definition) is 2. The smallest absolute Gasteiger partial charge is 0.120 e. The summed E-state index contributed by atoms with van der Waals surface area (Å²) in [7, 11) is 1.63. The fourth-order valence-electron chi connectivity index (χ4n) is 1.45. The molecule has 0 heterocycles. The molecule has 14 heavy (non-hydrogen) atoms. The summed E-state index contributed by atoms with van der Waals surface area (Å²) in [5, 5.41) is 9.21. The molecule has 0 aliphatic rings. The second-order valence-corrected chi connectivity index (χ2v) is 4.01. The Kier molecular flexibility index (Phi) is 4.42. The lowest BCUT2D eigenvalue weighted by molar-refractivity contribution is 0.279. The van der Waals surface area contributed by atoms with Crippen LogP contribution in [-0.4, -0.2) is 12.2 Å². The van der Waals surface area contributed by atoms with Crippen LogP contribution in [0.15, 0.2) is 16.6 Å². The predicted molar refractivity (Wildman–Crippen MR) is 60.6 cm³/mol. The zero-order chi connectivity index (χ0) is 10.6. The molecule has 0 radical (unpaired) electrons. The van der Waals surface area contributed by atoms with Crippen LogP contribution in [-0.2, 0) is 13.0 Å². The van der Waals surface area contributed by atoms with Gasteiger partial charge in [0.15, 0.2) is 0 Å². The lowest BCUT2D eigenvalue weighted by Gasteiger charge is -2.11. The fourth-order valence-corrected chi connectivity index (χ4v) is 2.13. The van der Waals surface area contributed by atoms with Crippen LogP contribution < -0.4 is 4.74 Å². The first-order valence-electron chi connectivity index (χ1n) is 4.69. The van der Waals surface area contributed by atoms with Crippen molar-refractivity contribution in [1.29, 1.82) is 0 Å². The summed E-state index contributed by atoms with van der Waals surface area (Å²) in [4.78, 5) is 0. The highest BCUT2D eigenvalue weighted by Crippen LogP contribution is 2.28. The van der Waals surface area contributed by atoms with E-state index in [-0.39, 0.29) is 6.61 Å². The molecule has 78 valence electrons. The Morgan fingerprint density at radius 3 is 2.64 bits per heavy atom. The predicted octanol–water partition coefficient (Wildman–Crippen LogP) is 2.90. The van der Waals surface area contributed by atoms with Gasteiger partial charge in [-0.1, -0.05) is 29.3 Å². The van der Waals surface area contributed by atoms with E-state index in [1.165, 1.54) is 5.56 Å². The van der Waals surface area contributed by atoms with E-state index in [0.29, 0.717) is 0 Å². The molecule has 0 bridgehead atoms. The monoisotopic (exact) mass is 258 g/mol. The summed E-state index contributed by atoms with van der Waals surface area (Å²) in [6.07, 6.45) is 2.04. The van der Waals surface area contributed by atoms with Crippen LogP contribution in [0.1, 0.15) is 24.5 Å². The highest BCUT2D eigenvalue weighted by molar-refractivity contribution is 9.10. The molecule has 0 atom stereocenters. The van der Waals surface area contributed by atoms with E-state index in [2.05, 4.69) is 22.9 Å². The van der Waals surface area contributed by atoms with Crippen molar-refractivity contribution in [3.8, 4) is 5.75 Å². The van der Waals surface area contributed by atoms with Crippen LogP contribution in [0, 0.1) is 0 Å². The number of aliphatic hydroxyl groups is 1. The number of aliphatic hydroxyl groups excluding tert-OH is 1. The minimum absolute atomic E-state index is 0.0606. The average molecular weight is 259 g/mol. The van der Waals surface area contributed by atoms with Crippen LogP contribution in [0.5, 0.6) is 5.75 Å². The minimum atomic E-state index is 0.0606. The topological polar surface area (TPSA) is 29.5 Å². The van der Waals surface area contributed by atoms with E-state index in [1.807, 2.05) is 12.1 Å². The highest BCUT2D eigenvalue weighted by atomic mass is 79.9. The van der Waals surface area contributed by atoms with Gasteiger partial charge in [-0.15, -0.1) is 0 Å². The van der Waals surface area contributed by atoms with Gasteiger partial charge in [0, 0.05) is 4.47 Å². The maximum atomic E-state index is 9.21. The molecule has 0 spiro atoms. The van der Waals surface area contributed by atoms with E-state index in [0.717, 1.165) is 28.6 Å². The van der Waals surface area contributed by atoms with E-state index in [9.17, 15) is 5.11 Å². The molecular formula is C11H15BrO2. The molecular weight excluding hydrogens is 244 g/mol. The summed E-state index contributed by atoms with van der Waals surface area (Å²) >= 11 is 3.49. The van der Waals surface area contributed by atoms with E-state index >= 15 is 0 Å². The number of methoxy groups -OCH3 is 1. The molecule has 1 N–H and O–H groups in total. The normalized spacial score (nSPS) is 10.3. The van der Waals surface area contributed by atoms with Crippen molar-refractivity contribution in [1.82, 2.24) is 0 Å². The second kappa shape index (κ2) is 5.37. The molecule has 0 aliphatic carbocycles. The van der Waals surface area contributed by atoms with Crippen LogP contribution in [0.25, 0.3) is 0 Å². The molecule has 1 aromatic carbocycles. The maximum Gasteiger partial charge on any atom is 0.120 e. The summed E-state index contributed by atoms with van der Waals surface area (Å²) in [5.41, 5.74) is 2.12. The van der Waals surface area contributed by atoms with Gasteiger partial charge < -0.3 is 9.84 Å². The third kappa shape index (κ3) is 2.49. The molecule has 0 saturated heterocycles. The van der Waals surface area contributed by atoms with Crippen molar-refractivity contribution < 1.29 is 9.84 Å². The third-order valence-electron chi connectivity index (χ3n) is 2.17. The summed E-state index contributed by atoms with van der Waals surface area (Å²) < 4.78 is 6.15. The Bertz CT molecular complexity index is 310. The number of hydrogen-bond donors (Lipinski definition) is 1. The number of benzene rings is 1.